The smallest absolute Gasteiger partial charge is 0.269 e. The number of nitrogens with one attached hydrogen (secondary N) is 1. The first-order valence-electron chi connectivity index (χ1n) is 6.81. The third-order valence-electron chi connectivity index (χ3n) is 3.22. The van der Waals surface area contributed by atoms with Crippen LogP contribution in [0.5, 0.6) is 5.75 Å². The van der Waals surface area contributed by atoms with Gasteiger partial charge in [-0.3, -0.25) is 4.79 Å². The summed E-state index contributed by atoms with van der Waals surface area (Å²) in [6, 6.07) is 12.6. The number of anilines is 1. The zero-order valence-electron chi connectivity index (χ0n) is 12.4. The van der Waals surface area contributed by atoms with Crippen LogP contribution in [-0.2, 0) is 0 Å². The van der Waals surface area contributed by atoms with Gasteiger partial charge < -0.3 is 10.1 Å². The van der Waals surface area contributed by atoms with Crippen molar-refractivity contribution in [1.82, 2.24) is 9.59 Å². The molecule has 1 N–H and O–H groups in total. The predicted molar refractivity (Wildman–Crippen MR) is 99.0 cm³/mol. The number of methoxy groups -OCH3 is 1. The van der Waals surface area contributed by atoms with E-state index in [0.29, 0.717) is 27.0 Å². The topological polar surface area (TPSA) is 64.1 Å². The Kier molecular flexibility index (Phi) is 5.13. The number of hydrogen-bond acceptors (Lipinski definition) is 5. The molecule has 0 bridgehead atoms. The minimum atomic E-state index is -0.288. The van der Waals surface area contributed by atoms with Crippen LogP contribution in [-0.4, -0.2) is 22.6 Å². The molecule has 122 valence electrons. The Bertz CT molecular complexity index is 883. The van der Waals surface area contributed by atoms with Gasteiger partial charge in [-0.15, -0.1) is 5.10 Å². The van der Waals surface area contributed by atoms with Gasteiger partial charge in [0.05, 0.1) is 12.1 Å². The molecular weight excluding hydrogens is 414 g/mol. The number of ether oxygens (including phenoxy) is 1. The van der Waals surface area contributed by atoms with E-state index in [9.17, 15) is 4.79 Å². The van der Waals surface area contributed by atoms with Gasteiger partial charge in [-0.1, -0.05) is 44.2 Å². The summed E-state index contributed by atoms with van der Waals surface area (Å²) in [4.78, 5) is 13.0. The van der Waals surface area contributed by atoms with Crippen LogP contribution in [0, 0.1) is 0 Å². The van der Waals surface area contributed by atoms with E-state index in [0.717, 1.165) is 21.6 Å². The van der Waals surface area contributed by atoms with Gasteiger partial charge >= 0.3 is 0 Å². The summed E-state index contributed by atoms with van der Waals surface area (Å²) in [5.41, 5.74) is 1.94. The Morgan fingerprint density at radius 2 is 2.00 bits per heavy atom. The lowest BCUT2D eigenvalue weighted by Crippen LogP contribution is -2.11. The second-order valence-corrected chi connectivity index (χ2v) is 6.84. The van der Waals surface area contributed by atoms with E-state index in [2.05, 4.69) is 30.8 Å². The second kappa shape index (κ2) is 7.29. The maximum atomic E-state index is 12.5. The minimum absolute atomic E-state index is 0.288. The van der Waals surface area contributed by atoms with E-state index in [-0.39, 0.29) is 5.91 Å². The molecule has 0 spiro atoms. The van der Waals surface area contributed by atoms with Gasteiger partial charge in [-0.05, 0) is 41.9 Å². The van der Waals surface area contributed by atoms with Crippen molar-refractivity contribution in [3.05, 3.63) is 56.8 Å². The average Bonchev–Trinajstić information content (AvgIpc) is 3.05. The predicted octanol–water partition coefficient (Wildman–Crippen LogP) is 4.88. The van der Waals surface area contributed by atoms with Crippen molar-refractivity contribution in [2.24, 2.45) is 0 Å². The number of benzene rings is 2. The van der Waals surface area contributed by atoms with Gasteiger partial charge in [-0.2, -0.15) is 0 Å². The SMILES string of the molecule is COc1ccc(NC(=O)c2snnc2-c2ccc(Br)cc2)cc1Cl. The minimum Gasteiger partial charge on any atom is -0.495 e. The van der Waals surface area contributed by atoms with Gasteiger partial charge in [0.25, 0.3) is 5.91 Å². The summed E-state index contributed by atoms with van der Waals surface area (Å²) in [7, 11) is 1.53. The molecule has 0 saturated carbocycles. The van der Waals surface area contributed by atoms with Crippen molar-refractivity contribution in [3.63, 3.8) is 0 Å². The van der Waals surface area contributed by atoms with Gasteiger partial charge in [-0.25, -0.2) is 0 Å². The van der Waals surface area contributed by atoms with E-state index in [1.54, 1.807) is 18.2 Å². The molecule has 0 aliphatic heterocycles. The molecular formula is C16H11BrClN3O2S. The number of halogens is 2. The summed E-state index contributed by atoms with van der Waals surface area (Å²) in [5.74, 6) is 0.258. The lowest BCUT2D eigenvalue weighted by atomic mass is 10.1. The van der Waals surface area contributed by atoms with Gasteiger partial charge in [0.1, 0.15) is 16.3 Å². The standard InChI is InChI=1S/C16H11BrClN3O2S/c1-23-13-7-6-11(8-12(13)18)19-16(22)15-14(20-21-24-15)9-2-4-10(17)5-3-9/h2-8H,1H3,(H,19,22). The van der Waals surface area contributed by atoms with E-state index in [1.807, 2.05) is 24.3 Å². The Balaban J connectivity index is 1.85. The van der Waals surface area contributed by atoms with Crippen molar-refractivity contribution in [2.75, 3.05) is 12.4 Å². The summed E-state index contributed by atoms with van der Waals surface area (Å²) in [6.45, 7) is 0. The van der Waals surface area contributed by atoms with E-state index >= 15 is 0 Å². The number of nitrogens with zero attached hydrogens (tertiary/aromatic N) is 2. The van der Waals surface area contributed by atoms with Crippen LogP contribution in [0.25, 0.3) is 11.3 Å². The zero-order valence-corrected chi connectivity index (χ0v) is 15.6. The van der Waals surface area contributed by atoms with Crippen LogP contribution in [0.4, 0.5) is 5.69 Å². The molecule has 1 amide bonds. The highest BCUT2D eigenvalue weighted by molar-refractivity contribution is 9.10. The fourth-order valence-corrected chi connectivity index (χ4v) is 3.17. The lowest BCUT2D eigenvalue weighted by Gasteiger charge is -2.07. The van der Waals surface area contributed by atoms with Crippen LogP contribution < -0.4 is 10.1 Å². The molecule has 0 fully saturated rings. The lowest BCUT2D eigenvalue weighted by molar-refractivity contribution is 0.103. The molecule has 0 saturated heterocycles. The number of aromatic nitrogens is 2. The molecule has 3 rings (SSSR count). The van der Waals surface area contributed by atoms with Crippen LogP contribution in [0.3, 0.4) is 0 Å². The fourth-order valence-electron chi connectivity index (χ4n) is 2.07. The third-order valence-corrected chi connectivity index (χ3v) is 4.77. The van der Waals surface area contributed by atoms with Crippen molar-refractivity contribution in [2.45, 2.75) is 0 Å². The first-order chi connectivity index (χ1) is 11.6. The van der Waals surface area contributed by atoms with Crippen LogP contribution >= 0.6 is 39.1 Å². The third kappa shape index (κ3) is 3.58. The maximum Gasteiger partial charge on any atom is 0.269 e. The molecule has 1 aromatic heterocycles. The Morgan fingerprint density at radius 1 is 1.25 bits per heavy atom. The van der Waals surface area contributed by atoms with Gasteiger partial charge in [0.15, 0.2) is 0 Å². The quantitative estimate of drug-likeness (QED) is 0.648. The Morgan fingerprint density at radius 3 is 2.67 bits per heavy atom. The molecule has 0 atom stereocenters. The van der Waals surface area contributed by atoms with E-state index in [1.165, 1.54) is 7.11 Å². The molecule has 0 radical (unpaired) electrons. The number of amides is 1. The van der Waals surface area contributed by atoms with Crippen molar-refractivity contribution in [1.29, 1.82) is 0 Å². The fraction of sp³-hybridized carbons (Fsp3) is 0.0625. The first-order valence-corrected chi connectivity index (χ1v) is 8.76. The molecule has 8 heteroatoms. The van der Waals surface area contributed by atoms with Gasteiger partial charge in [0, 0.05) is 15.7 Å². The highest BCUT2D eigenvalue weighted by Gasteiger charge is 2.18. The summed E-state index contributed by atoms with van der Waals surface area (Å²) >= 11 is 10.5. The molecule has 0 unspecified atom stereocenters. The van der Waals surface area contributed by atoms with Crippen LogP contribution in [0.2, 0.25) is 5.02 Å². The first kappa shape index (κ1) is 16.9. The summed E-state index contributed by atoms with van der Waals surface area (Å²) < 4.78 is 9.95. The normalized spacial score (nSPS) is 10.5. The van der Waals surface area contributed by atoms with Crippen LogP contribution in [0.1, 0.15) is 9.67 Å². The van der Waals surface area contributed by atoms with Crippen molar-refractivity contribution < 1.29 is 9.53 Å². The number of hydrogen-bond donors (Lipinski definition) is 1. The molecule has 0 aliphatic rings. The zero-order chi connectivity index (χ0) is 17.1. The monoisotopic (exact) mass is 423 g/mol. The molecule has 1 heterocycles. The van der Waals surface area contributed by atoms with Crippen molar-refractivity contribution in [3.8, 4) is 17.0 Å². The highest BCUT2D eigenvalue weighted by atomic mass is 79.9. The molecule has 0 aliphatic carbocycles. The second-order valence-electron chi connectivity index (χ2n) is 4.76. The molecule has 24 heavy (non-hydrogen) atoms. The summed E-state index contributed by atoms with van der Waals surface area (Å²) in [6.07, 6.45) is 0. The largest absolute Gasteiger partial charge is 0.495 e. The number of carbonyl (C=O) groups excluding carboxylic acids is 1. The Labute approximate surface area is 155 Å². The summed E-state index contributed by atoms with van der Waals surface area (Å²) in [5, 5.41) is 7.29. The van der Waals surface area contributed by atoms with E-state index < -0.39 is 0 Å². The van der Waals surface area contributed by atoms with Gasteiger partial charge in [0.2, 0.25) is 0 Å². The maximum absolute atomic E-state index is 12.5. The number of rotatable bonds is 4. The van der Waals surface area contributed by atoms with Crippen molar-refractivity contribution >= 4 is 50.7 Å². The highest BCUT2D eigenvalue weighted by Crippen LogP contribution is 2.29. The number of carbonyl (C=O) groups is 1. The van der Waals surface area contributed by atoms with Crippen LogP contribution in [0.15, 0.2) is 46.9 Å². The Hall–Kier alpha value is -1.96. The molecule has 3 aromatic rings. The average molecular weight is 425 g/mol. The van der Waals surface area contributed by atoms with E-state index in [4.69, 9.17) is 16.3 Å². The molecule has 2 aromatic carbocycles. The molecule has 5 nitrogen and oxygen atoms in total.